The second-order valence-corrected chi connectivity index (χ2v) is 10.1. The van der Waals surface area contributed by atoms with Gasteiger partial charge in [-0.15, -0.1) is 0 Å². The molecular formula is C23H20Cl2N2O3S. The molecule has 0 spiro atoms. The van der Waals surface area contributed by atoms with Gasteiger partial charge >= 0.3 is 0 Å². The van der Waals surface area contributed by atoms with Crippen molar-refractivity contribution in [3.05, 3.63) is 87.4 Å². The predicted octanol–water partition coefficient (Wildman–Crippen LogP) is 5.70. The van der Waals surface area contributed by atoms with Crippen molar-refractivity contribution in [2.75, 3.05) is 16.2 Å². The number of nitrogens with zero attached hydrogens (tertiary/aromatic N) is 1. The van der Waals surface area contributed by atoms with Crippen molar-refractivity contribution < 1.29 is 13.2 Å². The van der Waals surface area contributed by atoms with E-state index in [1.807, 2.05) is 13.0 Å². The fraction of sp³-hybridized carbons (Fsp3) is 0.174. The maximum atomic E-state index is 13.2. The first kappa shape index (κ1) is 21.7. The fourth-order valence-corrected chi connectivity index (χ4v) is 5.63. The Kier molecular flexibility index (Phi) is 5.97. The van der Waals surface area contributed by atoms with Gasteiger partial charge in [0.2, 0.25) is 0 Å². The Hall–Kier alpha value is -2.54. The zero-order valence-electron chi connectivity index (χ0n) is 16.7. The number of carbonyl (C=O) groups excluding carboxylic acids is 1. The number of carbonyl (C=O) groups is 1. The molecule has 5 nitrogen and oxygen atoms in total. The van der Waals surface area contributed by atoms with E-state index < -0.39 is 10.0 Å². The van der Waals surface area contributed by atoms with Crippen LogP contribution < -0.4 is 9.62 Å². The topological polar surface area (TPSA) is 66.5 Å². The van der Waals surface area contributed by atoms with E-state index in [4.69, 9.17) is 23.2 Å². The molecular weight excluding hydrogens is 455 g/mol. The van der Waals surface area contributed by atoms with Crippen molar-refractivity contribution in [3.8, 4) is 0 Å². The molecule has 0 saturated carbocycles. The molecule has 0 aromatic heterocycles. The first-order valence-corrected chi connectivity index (χ1v) is 11.9. The number of hydrogen-bond donors (Lipinski definition) is 1. The summed E-state index contributed by atoms with van der Waals surface area (Å²) in [6.07, 6.45) is 1.42. The van der Waals surface area contributed by atoms with Crippen LogP contribution in [-0.2, 0) is 16.4 Å². The SMILES string of the molecule is Cc1ccc(S(=O)(=O)N2CCCc3cc(NC(=O)c4ccc(Cl)cc4Cl)ccc32)cc1. The third kappa shape index (κ3) is 4.42. The quantitative estimate of drug-likeness (QED) is 0.527. The van der Waals surface area contributed by atoms with Crippen LogP contribution in [0.4, 0.5) is 11.4 Å². The van der Waals surface area contributed by atoms with Crippen LogP contribution in [0.1, 0.15) is 27.9 Å². The Labute approximate surface area is 191 Å². The fourth-order valence-electron chi connectivity index (χ4n) is 3.60. The van der Waals surface area contributed by atoms with Gasteiger partial charge < -0.3 is 5.32 Å². The molecule has 0 radical (unpaired) electrons. The molecule has 4 rings (SSSR count). The second-order valence-electron chi connectivity index (χ2n) is 7.42. The highest BCUT2D eigenvalue weighted by molar-refractivity contribution is 7.92. The summed E-state index contributed by atoms with van der Waals surface area (Å²) in [6.45, 7) is 2.33. The summed E-state index contributed by atoms with van der Waals surface area (Å²) in [5, 5.41) is 3.54. The van der Waals surface area contributed by atoms with Crippen LogP contribution in [0, 0.1) is 6.92 Å². The minimum atomic E-state index is -3.66. The number of halogens is 2. The first-order chi connectivity index (χ1) is 14.8. The van der Waals surface area contributed by atoms with Crippen molar-refractivity contribution >= 4 is 50.5 Å². The third-order valence-corrected chi connectivity index (χ3v) is 7.57. The largest absolute Gasteiger partial charge is 0.322 e. The lowest BCUT2D eigenvalue weighted by atomic mass is 10.0. The molecule has 1 N–H and O–H groups in total. The molecule has 0 bridgehead atoms. The minimum absolute atomic E-state index is 0.262. The number of anilines is 2. The number of sulfonamides is 1. The molecule has 160 valence electrons. The molecule has 0 fully saturated rings. The van der Waals surface area contributed by atoms with Gasteiger partial charge in [-0.3, -0.25) is 9.10 Å². The second kappa shape index (κ2) is 8.54. The van der Waals surface area contributed by atoms with Crippen LogP contribution in [-0.4, -0.2) is 20.9 Å². The van der Waals surface area contributed by atoms with E-state index >= 15 is 0 Å². The lowest BCUT2D eigenvalue weighted by Crippen LogP contribution is -2.35. The molecule has 1 amide bonds. The van der Waals surface area contributed by atoms with Gasteiger partial charge in [0.05, 0.1) is 21.2 Å². The van der Waals surface area contributed by atoms with Crippen LogP contribution in [0.2, 0.25) is 10.0 Å². The number of hydrogen-bond acceptors (Lipinski definition) is 3. The highest BCUT2D eigenvalue weighted by atomic mass is 35.5. The summed E-state index contributed by atoms with van der Waals surface area (Å²) in [7, 11) is -3.66. The summed E-state index contributed by atoms with van der Waals surface area (Å²) in [5.41, 5.74) is 3.38. The normalized spacial score (nSPS) is 13.6. The Morgan fingerprint density at radius 3 is 2.45 bits per heavy atom. The zero-order chi connectivity index (χ0) is 22.2. The standard InChI is InChI=1S/C23H20Cl2N2O3S/c1-15-4-8-19(9-5-15)31(29,30)27-12-2-3-16-13-18(7-11-22(16)27)26-23(28)20-10-6-17(24)14-21(20)25/h4-11,13-14H,2-3,12H2,1H3,(H,26,28). The number of benzene rings is 3. The molecule has 0 aliphatic carbocycles. The number of fused-ring (bicyclic) bond motifs is 1. The first-order valence-electron chi connectivity index (χ1n) is 9.74. The summed E-state index contributed by atoms with van der Waals surface area (Å²) in [5.74, 6) is -0.360. The van der Waals surface area contributed by atoms with Crippen LogP contribution in [0.3, 0.4) is 0 Å². The van der Waals surface area contributed by atoms with Gasteiger partial charge in [-0.05, 0) is 73.9 Å². The minimum Gasteiger partial charge on any atom is -0.322 e. The summed E-state index contributed by atoms with van der Waals surface area (Å²) < 4.78 is 27.9. The highest BCUT2D eigenvalue weighted by Crippen LogP contribution is 2.34. The number of nitrogens with one attached hydrogen (secondary N) is 1. The van der Waals surface area contributed by atoms with Gasteiger partial charge in [0.1, 0.15) is 0 Å². The summed E-state index contributed by atoms with van der Waals surface area (Å²) in [4.78, 5) is 12.9. The van der Waals surface area contributed by atoms with Crippen LogP contribution in [0.25, 0.3) is 0 Å². The number of rotatable bonds is 4. The van der Waals surface area contributed by atoms with E-state index in [2.05, 4.69) is 5.32 Å². The average Bonchev–Trinajstić information content (AvgIpc) is 2.73. The maximum absolute atomic E-state index is 13.2. The molecule has 1 aliphatic heterocycles. The van der Waals surface area contributed by atoms with Gasteiger partial charge in [-0.1, -0.05) is 40.9 Å². The van der Waals surface area contributed by atoms with Crippen LogP contribution >= 0.6 is 23.2 Å². The third-order valence-electron chi connectivity index (χ3n) is 5.20. The number of aryl methyl sites for hydroxylation is 2. The molecule has 8 heteroatoms. The Morgan fingerprint density at radius 1 is 1.00 bits per heavy atom. The van der Waals surface area contributed by atoms with Gasteiger partial charge in [0, 0.05) is 17.3 Å². The lowest BCUT2D eigenvalue weighted by molar-refractivity contribution is 0.102. The van der Waals surface area contributed by atoms with E-state index in [0.717, 1.165) is 17.5 Å². The van der Waals surface area contributed by atoms with Gasteiger partial charge in [-0.2, -0.15) is 0 Å². The van der Waals surface area contributed by atoms with Crippen molar-refractivity contribution in [1.82, 2.24) is 0 Å². The molecule has 3 aromatic carbocycles. The molecule has 0 saturated heterocycles. The molecule has 0 unspecified atom stereocenters. The summed E-state index contributed by atoms with van der Waals surface area (Å²) >= 11 is 12.0. The van der Waals surface area contributed by atoms with Gasteiger partial charge in [-0.25, -0.2) is 8.42 Å². The van der Waals surface area contributed by atoms with Gasteiger partial charge in [0.15, 0.2) is 0 Å². The van der Waals surface area contributed by atoms with E-state index in [9.17, 15) is 13.2 Å². The monoisotopic (exact) mass is 474 g/mol. The summed E-state index contributed by atoms with van der Waals surface area (Å²) in [6, 6.07) is 16.8. The smallest absolute Gasteiger partial charge is 0.264 e. The van der Waals surface area contributed by atoms with Crippen molar-refractivity contribution in [1.29, 1.82) is 0 Å². The van der Waals surface area contributed by atoms with E-state index in [1.54, 1.807) is 48.5 Å². The van der Waals surface area contributed by atoms with Crippen molar-refractivity contribution in [2.45, 2.75) is 24.7 Å². The van der Waals surface area contributed by atoms with E-state index in [1.165, 1.54) is 10.4 Å². The maximum Gasteiger partial charge on any atom is 0.264 e. The molecule has 1 heterocycles. The Bertz CT molecular complexity index is 1260. The molecule has 1 aliphatic rings. The van der Waals surface area contributed by atoms with Crippen molar-refractivity contribution in [3.63, 3.8) is 0 Å². The molecule has 3 aromatic rings. The molecule has 31 heavy (non-hydrogen) atoms. The zero-order valence-corrected chi connectivity index (χ0v) is 19.1. The van der Waals surface area contributed by atoms with Gasteiger partial charge in [0.25, 0.3) is 15.9 Å². The van der Waals surface area contributed by atoms with Crippen LogP contribution in [0.5, 0.6) is 0 Å². The highest BCUT2D eigenvalue weighted by Gasteiger charge is 2.29. The van der Waals surface area contributed by atoms with E-state index in [0.29, 0.717) is 34.9 Å². The lowest BCUT2D eigenvalue weighted by Gasteiger charge is -2.31. The average molecular weight is 475 g/mol. The van der Waals surface area contributed by atoms with Crippen LogP contribution in [0.15, 0.2) is 65.6 Å². The Morgan fingerprint density at radius 2 is 1.74 bits per heavy atom. The Balaban J connectivity index is 1.61. The number of amides is 1. The molecule has 0 atom stereocenters. The van der Waals surface area contributed by atoms with Crippen molar-refractivity contribution in [2.24, 2.45) is 0 Å². The predicted molar refractivity (Wildman–Crippen MR) is 125 cm³/mol. The van der Waals surface area contributed by atoms with E-state index in [-0.39, 0.29) is 15.8 Å².